The van der Waals surface area contributed by atoms with E-state index in [2.05, 4.69) is 0 Å². The lowest BCUT2D eigenvalue weighted by atomic mass is 10.0. The van der Waals surface area contributed by atoms with E-state index >= 15 is 0 Å². The minimum atomic E-state index is -1.13. The Balaban J connectivity index is 2.09. The third-order valence-corrected chi connectivity index (χ3v) is 4.94. The fraction of sp³-hybridized carbons (Fsp3) is 0.438. The van der Waals surface area contributed by atoms with Crippen LogP contribution in [-0.2, 0) is 20.8 Å². The Kier molecular flexibility index (Phi) is 5.71. The molecule has 0 spiro atoms. The van der Waals surface area contributed by atoms with Crippen LogP contribution >= 0.6 is 11.8 Å². The zero-order chi connectivity index (χ0) is 17.9. The Labute approximate surface area is 143 Å². The first-order chi connectivity index (χ1) is 11.3. The number of amides is 1. The number of thioether (sulfide) groups is 1. The van der Waals surface area contributed by atoms with Gasteiger partial charge in [-0.15, -0.1) is 0 Å². The van der Waals surface area contributed by atoms with Crippen LogP contribution in [0.15, 0.2) is 18.2 Å². The number of rotatable bonds is 6. The molecule has 1 aromatic rings. The molecule has 1 aliphatic heterocycles. The number of nitrogens with zero attached hydrogens (tertiary/aromatic N) is 1. The van der Waals surface area contributed by atoms with Crippen LogP contribution in [-0.4, -0.2) is 55.6 Å². The average Bonchev–Trinajstić information content (AvgIpc) is 2.86. The van der Waals surface area contributed by atoms with Crippen LogP contribution in [0, 0.1) is 5.92 Å². The number of phenolic OH excluding ortho intramolecular Hbond substituents is 2. The maximum Gasteiger partial charge on any atom is 0.326 e. The van der Waals surface area contributed by atoms with Crippen molar-refractivity contribution in [1.82, 2.24) is 4.90 Å². The van der Waals surface area contributed by atoms with Gasteiger partial charge in [0.15, 0.2) is 16.6 Å². The summed E-state index contributed by atoms with van der Waals surface area (Å²) >= 11 is 1.13. The summed E-state index contributed by atoms with van der Waals surface area (Å²) in [6.45, 7) is 1.75. The zero-order valence-electron chi connectivity index (χ0n) is 13.1. The van der Waals surface area contributed by atoms with Gasteiger partial charge in [-0.05, 0) is 23.6 Å². The summed E-state index contributed by atoms with van der Waals surface area (Å²) in [6, 6.07) is 3.03. The van der Waals surface area contributed by atoms with Crippen molar-refractivity contribution in [2.24, 2.45) is 5.92 Å². The van der Waals surface area contributed by atoms with E-state index in [1.165, 1.54) is 30.0 Å². The summed E-state index contributed by atoms with van der Waals surface area (Å²) in [7, 11) is 0. The number of carboxylic acid groups (broad SMARTS) is 1. The molecule has 1 heterocycles. The first kappa shape index (κ1) is 18.1. The highest BCUT2D eigenvalue weighted by molar-refractivity contribution is 8.13. The molecule has 2 unspecified atom stereocenters. The number of aliphatic carboxylic acids is 1. The number of carbonyl (C=O) groups excluding carboxylic acids is 2. The van der Waals surface area contributed by atoms with Crippen LogP contribution in [0.1, 0.15) is 18.9 Å². The van der Waals surface area contributed by atoms with Gasteiger partial charge in [0.05, 0.1) is 0 Å². The number of phenols is 2. The lowest BCUT2D eigenvalue weighted by Crippen LogP contribution is -2.43. The van der Waals surface area contributed by atoms with Gasteiger partial charge in [-0.2, -0.15) is 0 Å². The van der Waals surface area contributed by atoms with E-state index in [1.807, 2.05) is 0 Å². The van der Waals surface area contributed by atoms with Crippen LogP contribution in [0.3, 0.4) is 0 Å². The van der Waals surface area contributed by atoms with E-state index in [-0.39, 0.29) is 41.3 Å². The molecule has 1 aliphatic rings. The normalized spacial score (nSPS) is 18.6. The Morgan fingerprint density at radius 1 is 1.33 bits per heavy atom. The van der Waals surface area contributed by atoms with E-state index < -0.39 is 12.0 Å². The zero-order valence-corrected chi connectivity index (χ0v) is 14.0. The van der Waals surface area contributed by atoms with Crippen molar-refractivity contribution < 1.29 is 29.7 Å². The van der Waals surface area contributed by atoms with Gasteiger partial charge >= 0.3 is 5.97 Å². The number of aromatic hydroxyl groups is 2. The standard InChI is InChI=1S/C16H19NO6S/c1-9(18)24-8-11-6-15(21)17(7-11)12(16(22)23)4-10-2-3-13(19)14(20)5-10/h2-3,5,11-12,19-20H,4,6-8H2,1H3,(H,22,23). The molecule has 0 aromatic heterocycles. The number of carbonyl (C=O) groups is 3. The number of carboxylic acids is 1. The highest BCUT2D eigenvalue weighted by atomic mass is 32.2. The van der Waals surface area contributed by atoms with E-state index in [0.717, 1.165) is 11.8 Å². The highest BCUT2D eigenvalue weighted by Crippen LogP contribution is 2.28. The molecular weight excluding hydrogens is 334 g/mol. The Morgan fingerprint density at radius 3 is 2.62 bits per heavy atom. The maximum atomic E-state index is 12.2. The quantitative estimate of drug-likeness (QED) is 0.659. The van der Waals surface area contributed by atoms with Crippen LogP contribution in [0.5, 0.6) is 11.5 Å². The predicted molar refractivity (Wildman–Crippen MR) is 87.9 cm³/mol. The van der Waals surface area contributed by atoms with Crippen molar-refractivity contribution in [2.45, 2.75) is 25.8 Å². The van der Waals surface area contributed by atoms with Gasteiger partial charge in [0.1, 0.15) is 6.04 Å². The smallest absolute Gasteiger partial charge is 0.326 e. The third kappa shape index (κ3) is 4.41. The van der Waals surface area contributed by atoms with Gasteiger partial charge in [0.25, 0.3) is 0 Å². The summed E-state index contributed by atoms with van der Waals surface area (Å²) < 4.78 is 0. The van der Waals surface area contributed by atoms with Crippen LogP contribution < -0.4 is 0 Å². The fourth-order valence-corrected chi connectivity index (χ4v) is 3.40. The van der Waals surface area contributed by atoms with E-state index in [4.69, 9.17) is 0 Å². The molecule has 3 N–H and O–H groups in total. The molecule has 24 heavy (non-hydrogen) atoms. The molecule has 2 rings (SSSR count). The second-order valence-electron chi connectivity index (χ2n) is 5.80. The SMILES string of the molecule is CC(=O)SCC1CC(=O)N(C(Cc2ccc(O)c(O)c2)C(=O)O)C1. The monoisotopic (exact) mass is 353 g/mol. The first-order valence-electron chi connectivity index (χ1n) is 7.44. The van der Waals surface area contributed by atoms with Crippen molar-refractivity contribution in [1.29, 1.82) is 0 Å². The largest absolute Gasteiger partial charge is 0.504 e. The summed E-state index contributed by atoms with van der Waals surface area (Å²) in [6.07, 6.45) is 0.256. The molecule has 130 valence electrons. The van der Waals surface area contributed by atoms with Gasteiger partial charge in [-0.1, -0.05) is 17.8 Å². The van der Waals surface area contributed by atoms with Crippen molar-refractivity contribution in [3.63, 3.8) is 0 Å². The molecule has 1 amide bonds. The Morgan fingerprint density at radius 2 is 2.04 bits per heavy atom. The van der Waals surface area contributed by atoms with Crippen LogP contribution in [0.4, 0.5) is 0 Å². The van der Waals surface area contributed by atoms with Crippen molar-refractivity contribution in [2.75, 3.05) is 12.3 Å². The van der Waals surface area contributed by atoms with Crippen molar-refractivity contribution in [3.8, 4) is 11.5 Å². The minimum absolute atomic E-state index is 0.0293. The van der Waals surface area contributed by atoms with Crippen molar-refractivity contribution in [3.05, 3.63) is 23.8 Å². The van der Waals surface area contributed by atoms with E-state index in [9.17, 15) is 29.7 Å². The fourth-order valence-electron chi connectivity index (χ4n) is 2.71. The summed E-state index contributed by atoms with van der Waals surface area (Å²) in [5.41, 5.74) is 0.507. The predicted octanol–water partition coefficient (Wildman–Crippen LogP) is 1.22. The van der Waals surface area contributed by atoms with Gasteiger partial charge < -0.3 is 20.2 Å². The van der Waals surface area contributed by atoms with Crippen LogP contribution in [0.25, 0.3) is 0 Å². The molecule has 0 radical (unpaired) electrons. The van der Waals surface area contributed by atoms with Gasteiger partial charge in [-0.3, -0.25) is 9.59 Å². The number of hydrogen-bond donors (Lipinski definition) is 3. The second-order valence-corrected chi connectivity index (χ2v) is 7.00. The van der Waals surface area contributed by atoms with Crippen LogP contribution in [0.2, 0.25) is 0 Å². The molecule has 8 heteroatoms. The molecule has 0 aliphatic carbocycles. The lowest BCUT2D eigenvalue weighted by Gasteiger charge is -2.25. The molecule has 2 atom stereocenters. The second kappa shape index (κ2) is 7.57. The molecular formula is C16H19NO6S. The molecule has 1 fully saturated rings. The summed E-state index contributed by atoms with van der Waals surface area (Å²) in [5, 5.41) is 28.3. The summed E-state index contributed by atoms with van der Waals surface area (Å²) in [5.74, 6) is -1.56. The van der Waals surface area contributed by atoms with Crippen molar-refractivity contribution >= 4 is 28.8 Å². The summed E-state index contributed by atoms with van der Waals surface area (Å²) in [4.78, 5) is 36.1. The lowest BCUT2D eigenvalue weighted by molar-refractivity contribution is -0.148. The molecule has 7 nitrogen and oxygen atoms in total. The minimum Gasteiger partial charge on any atom is -0.504 e. The van der Waals surface area contributed by atoms with E-state index in [1.54, 1.807) is 0 Å². The molecule has 1 aromatic carbocycles. The maximum absolute atomic E-state index is 12.2. The van der Waals surface area contributed by atoms with Gasteiger partial charge in [0, 0.05) is 32.1 Å². The molecule has 0 bridgehead atoms. The Hall–Kier alpha value is -2.22. The van der Waals surface area contributed by atoms with Gasteiger partial charge in [-0.25, -0.2) is 4.79 Å². The molecule has 0 saturated carbocycles. The topological polar surface area (TPSA) is 115 Å². The first-order valence-corrected chi connectivity index (χ1v) is 8.43. The number of hydrogen-bond acceptors (Lipinski definition) is 6. The average molecular weight is 353 g/mol. The van der Waals surface area contributed by atoms with Gasteiger partial charge in [0.2, 0.25) is 5.91 Å². The number of benzene rings is 1. The number of likely N-dealkylation sites (tertiary alicyclic amines) is 1. The highest BCUT2D eigenvalue weighted by Gasteiger charge is 2.37. The molecule has 1 saturated heterocycles. The van der Waals surface area contributed by atoms with E-state index in [0.29, 0.717) is 17.9 Å². The third-order valence-electron chi connectivity index (χ3n) is 3.89. The Bertz CT molecular complexity index is 662.